The molecule has 0 spiro atoms. The summed E-state index contributed by atoms with van der Waals surface area (Å²) in [7, 11) is 0. The van der Waals surface area contributed by atoms with Crippen LogP contribution in [0.25, 0.3) is 0 Å². The summed E-state index contributed by atoms with van der Waals surface area (Å²) in [6.45, 7) is 1.89. The number of aromatic nitrogens is 2. The summed E-state index contributed by atoms with van der Waals surface area (Å²) >= 11 is 0. The molecular weight excluding hydrogens is 356 g/mol. The van der Waals surface area contributed by atoms with Crippen molar-refractivity contribution in [1.82, 2.24) is 15.3 Å². The van der Waals surface area contributed by atoms with Crippen LogP contribution < -0.4 is 10.6 Å². The number of imidazole rings is 1. The molecule has 0 aliphatic heterocycles. The molecule has 0 aliphatic rings. The zero-order valence-electron chi connectivity index (χ0n) is 15.4. The highest BCUT2D eigenvalue weighted by atomic mass is 16.2. The van der Waals surface area contributed by atoms with Crippen molar-refractivity contribution in [3.63, 3.8) is 0 Å². The Balaban J connectivity index is 1.66. The fraction of sp³-hybridized carbons (Fsp3) is 0.143. The molecule has 0 aliphatic carbocycles. The number of carbonyl (C=O) groups excluding carboxylic acids is 3. The van der Waals surface area contributed by atoms with Crippen molar-refractivity contribution in [2.75, 3.05) is 11.9 Å². The molecule has 1 heterocycles. The molecule has 0 bridgehead atoms. The summed E-state index contributed by atoms with van der Waals surface area (Å²) in [5.41, 5.74) is 1.72. The van der Waals surface area contributed by atoms with Crippen molar-refractivity contribution in [2.24, 2.45) is 0 Å². The predicted molar refractivity (Wildman–Crippen MR) is 105 cm³/mol. The minimum absolute atomic E-state index is 0.0662. The molecule has 0 fully saturated rings. The second kappa shape index (κ2) is 8.77. The molecule has 0 saturated carbocycles. The molecule has 28 heavy (non-hydrogen) atoms. The van der Waals surface area contributed by atoms with E-state index in [4.69, 9.17) is 0 Å². The van der Waals surface area contributed by atoms with Gasteiger partial charge in [0, 0.05) is 36.5 Å². The summed E-state index contributed by atoms with van der Waals surface area (Å²) in [4.78, 5) is 43.4. The Hall–Kier alpha value is -3.74. The van der Waals surface area contributed by atoms with Gasteiger partial charge in [0.2, 0.25) is 0 Å². The summed E-state index contributed by atoms with van der Waals surface area (Å²) in [5, 5.41) is 5.58. The van der Waals surface area contributed by atoms with Gasteiger partial charge in [-0.15, -0.1) is 0 Å². The van der Waals surface area contributed by atoms with Crippen LogP contribution in [0.3, 0.4) is 0 Å². The molecule has 0 saturated heterocycles. The average molecular weight is 376 g/mol. The minimum atomic E-state index is -0.356. The molecule has 142 valence electrons. The molecule has 7 nitrogen and oxygen atoms in total. The maximum absolute atomic E-state index is 12.5. The zero-order chi connectivity index (χ0) is 19.9. The lowest BCUT2D eigenvalue weighted by atomic mass is 10.1. The van der Waals surface area contributed by atoms with E-state index in [-0.39, 0.29) is 17.6 Å². The first-order chi connectivity index (χ1) is 13.5. The third-order valence-corrected chi connectivity index (χ3v) is 4.18. The van der Waals surface area contributed by atoms with Crippen molar-refractivity contribution in [3.8, 4) is 0 Å². The van der Waals surface area contributed by atoms with E-state index in [1.54, 1.807) is 60.9 Å². The lowest BCUT2D eigenvalue weighted by Gasteiger charge is -2.11. The first kappa shape index (κ1) is 19.0. The van der Waals surface area contributed by atoms with E-state index >= 15 is 0 Å². The molecule has 3 N–H and O–H groups in total. The summed E-state index contributed by atoms with van der Waals surface area (Å²) in [5.74, 6) is 0.0831. The van der Waals surface area contributed by atoms with E-state index < -0.39 is 0 Å². The smallest absolute Gasteiger partial charge is 0.255 e. The Labute approximate surface area is 162 Å². The largest absolute Gasteiger partial charge is 0.352 e. The number of benzene rings is 2. The van der Waals surface area contributed by atoms with E-state index in [0.717, 1.165) is 5.82 Å². The van der Waals surface area contributed by atoms with Gasteiger partial charge in [0.15, 0.2) is 5.78 Å². The van der Waals surface area contributed by atoms with Crippen LogP contribution in [0.2, 0.25) is 0 Å². The SMILES string of the molecule is CC(=O)c1ccc(C(=O)Nc2ccccc2C(=O)NCCc2ncc[nH]2)cc1. The summed E-state index contributed by atoms with van der Waals surface area (Å²) in [6.07, 6.45) is 3.96. The van der Waals surface area contributed by atoms with Crippen LogP contribution in [0, 0.1) is 0 Å². The number of Topliss-reactive ketones (excluding diaryl/α,β-unsaturated/α-hetero) is 1. The molecule has 2 aromatic carbocycles. The molecule has 3 aromatic rings. The Bertz CT molecular complexity index is 979. The summed E-state index contributed by atoms with van der Waals surface area (Å²) < 4.78 is 0. The maximum Gasteiger partial charge on any atom is 0.255 e. The lowest BCUT2D eigenvalue weighted by molar-refractivity contribution is 0.0953. The van der Waals surface area contributed by atoms with E-state index in [1.165, 1.54) is 6.92 Å². The number of amides is 2. The molecule has 0 atom stereocenters. The fourth-order valence-electron chi connectivity index (χ4n) is 2.67. The quantitative estimate of drug-likeness (QED) is 0.552. The van der Waals surface area contributed by atoms with Crippen LogP contribution in [-0.4, -0.2) is 34.1 Å². The second-order valence-corrected chi connectivity index (χ2v) is 6.18. The molecule has 1 aromatic heterocycles. The number of hydrogen-bond donors (Lipinski definition) is 3. The van der Waals surface area contributed by atoms with Crippen molar-refractivity contribution >= 4 is 23.3 Å². The highest BCUT2D eigenvalue weighted by Gasteiger charge is 2.14. The number of nitrogens with zero attached hydrogens (tertiary/aromatic N) is 1. The Morgan fingerprint density at radius 2 is 1.68 bits per heavy atom. The highest BCUT2D eigenvalue weighted by Crippen LogP contribution is 2.16. The van der Waals surface area contributed by atoms with E-state index in [0.29, 0.717) is 35.3 Å². The monoisotopic (exact) mass is 376 g/mol. The van der Waals surface area contributed by atoms with E-state index in [2.05, 4.69) is 20.6 Å². The number of para-hydroxylation sites is 1. The van der Waals surface area contributed by atoms with Gasteiger partial charge in [-0.25, -0.2) is 4.98 Å². The van der Waals surface area contributed by atoms with Crippen LogP contribution in [0.5, 0.6) is 0 Å². The van der Waals surface area contributed by atoms with E-state index in [9.17, 15) is 14.4 Å². The molecule has 0 radical (unpaired) electrons. The second-order valence-electron chi connectivity index (χ2n) is 6.18. The van der Waals surface area contributed by atoms with Crippen LogP contribution in [-0.2, 0) is 6.42 Å². The predicted octanol–water partition coefficient (Wildman–Crippen LogP) is 2.84. The van der Waals surface area contributed by atoms with Crippen molar-refractivity contribution < 1.29 is 14.4 Å². The molecular formula is C21H20N4O3. The molecule has 7 heteroatoms. The molecule has 0 unspecified atom stereocenters. The standard InChI is InChI=1S/C21H20N4O3/c1-14(26)15-6-8-16(9-7-15)20(27)25-18-5-3-2-4-17(18)21(28)24-11-10-19-22-12-13-23-19/h2-9,12-13H,10-11H2,1H3,(H,22,23)(H,24,28)(H,25,27). The zero-order valence-corrected chi connectivity index (χ0v) is 15.4. The third-order valence-electron chi connectivity index (χ3n) is 4.18. The Morgan fingerprint density at radius 1 is 0.964 bits per heavy atom. The van der Waals surface area contributed by atoms with Gasteiger partial charge in [0.25, 0.3) is 11.8 Å². The van der Waals surface area contributed by atoms with Gasteiger partial charge in [0.1, 0.15) is 5.82 Å². The number of aromatic amines is 1. The first-order valence-corrected chi connectivity index (χ1v) is 8.82. The van der Waals surface area contributed by atoms with Gasteiger partial charge in [0.05, 0.1) is 11.3 Å². The normalized spacial score (nSPS) is 10.3. The maximum atomic E-state index is 12.5. The Morgan fingerprint density at radius 3 is 2.36 bits per heavy atom. The van der Waals surface area contributed by atoms with Gasteiger partial charge in [-0.05, 0) is 31.2 Å². The van der Waals surface area contributed by atoms with Gasteiger partial charge in [-0.2, -0.15) is 0 Å². The van der Waals surface area contributed by atoms with Gasteiger partial charge in [-0.1, -0.05) is 24.3 Å². The first-order valence-electron chi connectivity index (χ1n) is 8.82. The lowest BCUT2D eigenvalue weighted by Crippen LogP contribution is -2.27. The average Bonchev–Trinajstić information content (AvgIpc) is 3.22. The highest BCUT2D eigenvalue weighted by molar-refractivity contribution is 6.09. The van der Waals surface area contributed by atoms with Crippen molar-refractivity contribution in [2.45, 2.75) is 13.3 Å². The summed E-state index contributed by atoms with van der Waals surface area (Å²) in [6, 6.07) is 13.2. The fourth-order valence-corrected chi connectivity index (χ4v) is 2.67. The van der Waals surface area contributed by atoms with Crippen LogP contribution in [0.1, 0.15) is 43.8 Å². The number of nitrogens with one attached hydrogen (secondary N) is 3. The van der Waals surface area contributed by atoms with Crippen molar-refractivity contribution in [3.05, 3.63) is 83.4 Å². The van der Waals surface area contributed by atoms with Gasteiger partial charge in [-0.3, -0.25) is 14.4 Å². The molecule has 3 rings (SSSR count). The number of H-pyrrole nitrogens is 1. The van der Waals surface area contributed by atoms with Gasteiger partial charge >= 0.3 is 0 Å². The number of rotatable bonds is 7. The van der Waals surface area contributed by atoms with E-state index in [1.807, 2.05) is 0 Å². The number of carbonyl (C=O) groups is 3. The third kappa shape index (κ3) is 4.70. The Kier molecular flexibility index (Phi) is 5.96. The van der Waals surface area contributed by atoms with Crippen molar-refractivity contribution in [1.29, 1.82) is 0 Å². The number of anilines is 1. The number of ketones is 1. The molecule has 2 amide bonds. The van der Waals surface area contributed by atoms with Gasteiger partial charge < -0.3 is 15.6 Å². The van der Waals surface area contributed by atoms with Crippen LogP contribution in [0.4, 0.5) is 5.69 Å². The number of hydrogen-bond acceptors (Lipinski definition) is 4. The topological polar surface area (TPSA) is 104 Å². The van der Waals surface area contributed by atoms with Crippen LogP contribution >= 0.6 is 0 Å². The van der Waals surface area contributed by atoms with Crippen LogP contribution in [0.15, 0.2) is 60.9 Å². The minimum Gasteiger partial charge on any atom is -0.352 e.